The molecular formula is C13H24N2O3. The van der Waals surface area contributed by atoms with E-state index in [4.69, 9.17) is 5.11 Å². The number of carbonyl (C=O) groups excluding carboxylic acids is 1. The molecule has 0 unspecified atom stereocenters. The lowest BCUT2D eigenvalue weighted by atomic mass is 10.1. The van der Waals surface area contributed by atoms with Crippen molar-refractivity contribution in [3.63, 3.8) is 0 Å². The summed E-state index contributed by atoms with van der Waals surface area (Å²) in [5, 5.41) is 11.3. The molecule has 2 N–H and O–H groups in total. The van der Waals surface area contributed by atoms with Gasteiger partial charge in [0.05, 0.1) is 0 Å². The first-order chi connectivity index (χ1) is 8.61. The molecule has 0 heterocycles. The summed E-state index contributed by atoms with van der Waals surface area (Å²) in [5.74, 6) is -0.818. The highest BCUT2D eigenvalue weighted by Crippen LogP contribution is 2.20. The zero-order valence-corrected chi connectivity index (χ0v) is 11.2. The largest absolute Gasteiger partial charge is 0.481 e. The number of carbonyl (C=O) groups is 2. The molecule has 0 atom stereocenters. The highest BCUT2D eigenvalue weighted by Gasteiger charge is 2.20. The van der Waals surface area contributed by atoms with Crippen molar-refractivity contribution in [2.45, 2.75) is 57.4 Å². The van der Waals surface area contributed by atoms with E-state index >= 15 is 0 Å². The number of carboxylic acids is 1. The fourth-order valence-corrected chi connectivity index (χ4v) is 2.37. The summed E-state index contributed by atoms with van der Waals surface area (Å²) in [6, 6.07) is 0.263. The Morgan fingerprint density at radius 2 is 1.83 bits per heavy atom. The molecule has 0 aliphatic heterocycles. The molecule has 1 rings (SSSR count). The highest BCUT2D eigenvalue weighted by atomic mass is 16.4. The predicted octanol–water partition coefficient (Wildman–Crippen LogP) is 2.22. The molecule has 0 saturated heterocycles. The molecular weight excluding hydrogens is 232 g/mol. The van der Waals surface area contributed by atoms with Crippen molar-refractivity contribution in [1.82, 2.24) is 10.2 Å². The van der Waals surface area contributed by atoms with Gasteiger partial charge in [0.2, 0.25) is 0 Å². The van der Waals surface area contributed by atoms with E-state index in [9.17, 15) is 9.59 Å². The Balaban J connectivity index is 2.24. The molecule has 104 valence electrons. The highest BCUT2D eigenvalue weighted by molar-refractivity contribution is 5.74. The van der Waals surface area contributed by atoms with Gasteiger partial charge in [-0.25, -0.2) is 4.79 Å². The van der Waals surface area contributed by atoms with Crippen LogP contribution < -0.4 is 5.32 Å². The van der Waals surface area contributed by atoms with Gasteiger partial charge in [0.25, 0.3) is 0 Å². The topological polar surface area (TPSA) is 69.6 Å². The molecule has 1 fully saturated rings. The van der Waals surface area contributed by atoms with Gasteiger partial charge in [0.1, 0.15) is 0 Å². The number of aliphatic carboxylic acids is 1. The molecule has 1 aliphatic rings. The van der Waals surface area contributed by atoms with Crippen molar-refractivity contribution in [2.24, 2.45) is 0 Å². The molecule has 1 saturated carbocycles. The van der Waals surface area contributed by atoms with Crippen LogP contribution in [0.4, 0.5) is 4.79 Å². The van der Waals surface area contributed by atoms with Crippen LogP contribution in [0.1, 0.15) is 51.4 Å². The summed E-state index contributed by atoms with van der Waals surface area (Å²) in [5.41, 5.74) is 0. The zero-order valence-electron chi connectivity index (χ0n) is 11.2. The third-order valence-electron chi connectivity index (χ3n) is 3.54. The summed E-state index contributed by atoms with van der Waals surface area (Å²) in [6.45, 7) is 0.433. The van der Waals surface area contributed by atoms with Crippen LogP contribution in [0.5, 0.6) is 0 Å². The second kappa shape index (κ2) is 7.95. The van der Waals surface area contributed by atoms with Crippen LogP contribution >= 0.6 is 0 Å². The molecule has 0 spiro atoms. The van der Waals surface area contributed by atoms with Crippen LogP contribution in [0.2, 0.25) is 0 Å². The van der Waals surface area contributed by atoms with E-state index in [2.05, 4.69) is 5.32 Å². The van der Waals surface area contributed by atoms with Crippen LogP contribution in [0.25, 0.3) is 0 Å². The molecule has 2 amide bonds. The van der Waals surface area contributed by atoms with E-state index in [1.807, 2.05) is 7.05 Å². The number of urea groups is 1. The van der Waals surface area contributed by atoms with Crippen molar-refractivity contribution >= 4 is 12.0 Å². The molecule has 0 aromatic heterocycles. The smallest absolute Gasteiger partial charge is 0.317 e. The third-order valence-corrected chi connectivity index (χ3v) is 3.54. The number of carboxylic acid groups (broad SMARTS) is 1. The Morgan fingerprint density at radius 3 is 2.39 bits per heavy atom. The van der Waals surface area contributed by atoms with Crippen LogP contribution in [0.15, 0.2) is 0 Å². The van der Waals surface area contributed by atoms with E-state index in [1.54, 1.807) is 4.90 Å². The van der Waals surface area contributed by atoms with Gasteiger partial charge in [-0.2, -0.15) is 0 Å². The first-order valence-electron chi connectivity index (χ1n) is 6.83. The van der Waals surface area contributed by atoms with Gasteiger partial charge in [0, 0.05) is 26.1 Å². The lowest BCUT2D eigenvalue weighted by Gasteiger charge is -2.27. The maximum atomic E-state index is 11.9. The van der Waals surface area contributed by atoms with Gasteiger partial charge < -0.3 is 15.3 Å². The molecule has 0 aromatic rings. The average Bonchev–Trinajstić information content (AvgIpc) is 2.61. The minimum atomic E-state index is -0.818. The van der Waals surface area contributed by atoms with Gasteiger partial charge in [-0.3, -0.25) is 4.79 Å². The second-order valence-electron chi connectivity index (χ2n) is 4.99. The molecule has 18 heavy (non-hydrogen) atoms. The number of rotatable bonds is 5. The summed E-state index contributed by atoms with van der Waals surface area (Å²) in [4.78, 5) is 24.0. The summed E-state index contributed by atoms with van der Waals surface area (Å²) in [6.07, 6.45) is 7.68. The lowest BCUT2D eigenvalue weighted by Crippen LogP contribution is -2.43. The van der Waals surface area contributed by atoms with Gasteiger partial charge in [-0.1, -0.05) is 25.7 Å². The fourth-order valence-electron chi connectivity index (χ4n) is 2.37. The Kier molecular flexibility index (Phi) is 6.54. The summed E-state index contributed by atoms with van der Waals surface area (Å²) >= 11 is 0. The van der Waals surface area contributed by atoms with E-state index in [1.165, 1.54) is 25.7 Å². The fraction of sp³-hybridized carbons (Fsp3) is 0.846. The zero-order chi connectivity index (χ0) is 13.4. The number of hydrogen-bond donors (Lipinski definition) is 2. The summed E-state index contributed by atoms with van der Waals surface area (Å²) in [7, 11) is 1.84. The average molecular weight is 256 g/mol. The van der Waals surface area contributed by atoms with Crippen molar-refractivity contribution in [2.75, 3.05) is 13.6 Å². The SMILES string of the molecule is CN(C(=O)NCCCC(=O)O)C1CCCCCC1. The number of hydrogen-bond acceptors (Lipinski definition) is 2. The van der Waals surface area contributed by atoms with Crippen LogP contribution in [-0.2, 0) is 4.79 Å². The summed E-state index contributed by atoms with van der Waals surface area (Å²) < 4.78 is 0. The number of amides is 2. The van der Waals surface area contributed by atoms with Crippen LogP contribution in [0, 0.1) is 0 Å². The molecule has 5 nitrogen and oxygen atoms in total. The monoisotopic (exact) mass is 256 g/mol. The van der Waals surface area contributed by atoms with E-state index in [0.717, 1.165) is 12.8 Å². The number of nitrogens with one attached hydrogen (secondary N) is 1. The van der Waals surface area contributed by atoms with Gasteiger partial charge in [-0.15, -0.1) is 0 Å². The van der Waals surface area contributed by atoms with Crippen molar-refractivity contribution in [3.05, 3.63) is 0 Å². The van der Waals surface area contributed by atoms with Crippen LogP contribution in [-0.4, -0.2) is 41.6 Å². The van der Waals surface area contributed by atoms with Gasteiger partial charge in [0.15, 0.2) is 0 Å². The van der Waals surface area contributed by atoms with Crippen molar-refractivity contribution < 1.29 is 14.7 Å². The van der Waals surface area contributed by atoms with Crippen molar-refractivity contribution in [3.8, 4) is 0 Å². The Hall–Kier alpha value is -1.26. The normalized spacial score (nSPS) is 16.9. The molecule has 5 heteroatoms. The standard InChI is InChI=1S/C13H24N2O3/c1-15(11-7-4-2-3-5-8-11)13(18)14-10-6-9-12(16)17/h11H,2-10H2,1H3,(H,14,18)(H,16,17). The van der Waals surface area contributed by atoms with Gasteiger partial charge in [-0.05, 0) is 19.3 Å². The minimum Gasteiger partial charge on any atom is -0.481 e. The lowest BCUT2D eigenvalue weighted by molar-refractivity contribution is -0.137. The maximum absolute atomic E-state index is 11.9. The predicted molar refractivity (Wildman–Crippen MR) is 69.5 cm³/mol. The molecule has 1 aliphatic carbocycles. The second-order valence-corrected chi connectivity index (χ2v) is 4.99. The Labute approximate surface area is 109 Å². The molecule has 0 bridgehead atoms. The first kappa shape index (κ1) is 14.8. The Morgan fingerprint density at radius 1 is 1.22 bits per heavy atom. The molecule has 0 radical (unpaired) electrons. The van der Waals surface area contributed by atoms with Crippen molar-refractivity contribution in [1.29, 1.82) is 0 Å². The molecule has 0 aromatic carbocycles. The van der Waals surface area contributed by atoms with Crippen LogP contribution in [0.3, 0.4) is 0 Å². The first-order valence-corrected chi connectivity index (χ1v) is 6.83. The van der Waals surface area contributed by atoms with E-state index in [-0.39, 0.29) is 12.5 Å². The quantitative estimate of drug-likeness (QED) is 0.585. The minimum absolute atomic E-state index is 0.0766. The Bertz CT molecular complexity index is 273. The maximum Gasteiger partial charge on any atom is 0.317 e. The third kappa shape index (κ3) is 5.38. The van der Waals surface area contributed by atoms with E-state index in [0.29, 0.717) is 19.0 Å². The van der Waals surface area contributed by atoms with E-state index < -0.39 is 5.97 Å². The number of nitrogens with zero attached hydrogens (tertiary/aromatic N) is 1. The van der Waals surface area contributed by atoms with Gasteiger partial charge >= 0.3 is 12.0 Å².